The smallest absolute Gasteiger partial charge is 0.221 e. The van der Waals surface area contributed by atoms with Gasteiger partial charge in [0.25, 0.3) is 0 Å². The van der Waals surface area contributed by atoms with Crippen LogP contribution in [0.2, 0.25) is 0 Å². The van der Waals surface area contributed by atoms with Crippen LogP contribution >= 0.6 is 0 Å². The molecule has 2 atom stereocenters. The predicted molar refractivity (Wildman–Crippen MR) is 70.6 cm³/mol. The number of hydrogen-bond donors (Lipinski definition) is 3. The zero-order valence-corrected chi connectivity index (χ0v) is 11.6. The molecule has 2 unspecified atom stereocenters. The molecule has 4 N–H and O–H groups in total. The van der Waals surface area contributed by atoms with Crippen LogP contribution in [-0.4, -0.2) is 29.7 Å². The Morgan fingerprint density at radius 3 is 2.47 bits per heavy atom. The van der Waals surface area contributed by atoms with Crippen LogP contribution in [-0.2, 0) is 4.79 Å². The van der Waals surface area contributed by atoms with Crippen LogP contribution in [0.1, 0.15) is 53.4 Å². The molecule has 0 aromatic carbocycles. The van der Waals surface area contributed by atoms with Crippen LogP contribution in [0.3, 0.4) is 0 Å². The highest BCUT2D eigenvalue weighted by Crippen LogP contribution is 2.20. The first-order chi connectivity index (χ1) is 7.70. The topological polar surface area (TPSA) is 75.3 Å². The molecular formula is C13H28N2O2. The molecular weight excluding hydrogens is 216 g/mol. The second kappa shape index (κ2) is 7.67. The van der Waals surface area contributed by atoms with Crippen molar-refractivity contribution in [3.05, 3.63) is 0 Å². The molecule has 0 saturated carbocycles. The van der Waals surface area contributed by atoms with Crippen molar-refractivity contribution in [3.63, 3.8) is 0 Å². The summed E-state index contributed by atoms with van der Waals surface area (Å²) in [7, 11) is 0. The molecule has 17 heavy (non-hydrogen) atoms. The average Bonchev–Trinajstić information content (AvgIpc) is 2.08. The summed E-state index contributed by atoms with van der Waals surface area (Å²) in [5, 5.41) is 11.9. The lowest BCUT2D eigenvalue weighted by Gasteiger charge is -2.22. The Labute approximate surface area is 105 Å². The fourth-order valence-corrected chi connectivity index (χ4v) is 1.79. The molecule has 0 aromatic rings. The summed E-state index contributed by atoms with van der Waals surface area (Å²) in [6.07, 6.45) is 2.45. The fourth-order valence-electron chi connectivity index (χ4n) is 1.79. The van der Waals surface area contributed by atoms with E-state index in [9.17, 15) is 4.79 Å². The number of hydrogen-bond acceptors (Lipinski definition) is 3. The third kappa shape index (κ3) is 11.6. The van der Waals surface area contributed by atoms with E-state index >= 15 is 0 Å². The molecule has 1 amide bonds. The maximum absolute atomic E-state index is 11.5. The summed E-state index contributed by atoms with van der Waals surface area (Å²) in [4.78, 5) is 11.5. The standard InChI is InChI=1S/C13H28N2O2/c1-10(16)6-5-7-15-12(17)8-11(14)9-13(2,3)4/h10-11,16H,5-9,14H2,1-4H3,(H,15,17). The molecule has 0 rings (SSSR count). The highest BCUT2D eigenvalue weighted by molar-refractivity contribution is 5.76. The van der Waals surface area contributed by atoms with E-state index in [4.69, 9.17) is 10.8 Å². The number of carbonyl (C=O) groups excluding carboxylic acids is 1. The average molecular weight is 244 g/mol. The summed E-state index contributed by atoms with van der Waals surface area (Å²) in [6, 6.07) is -0.0771. The van der Waals surface area contributed by atoms with Gasteiger partial charge < -0.3 is 16.2 Å². The highest BCUT2D eigenvalue weighted by Gasteiger charge is 2.17. The maximum atomic E-state index is 11.5. The lowest BCUT2D eigenvalue weighted by molar-refractivity contribution is -0.121. The zero-order chi connectivity index (χ0) is 13.5. The molecule has 0 bridgehead atoms. The van der Waals surface area contributed by atoms with Gasteiger partial charge in [0.1, 0.15) is 0 Å². The van der Waals surface area contributed by atoms with Crippen molar-refractivity contribution in [3.8, 4) is 0 Å². The van der Waals surface area contributed by atoms with Gasteiger partial charge in [-0.2, -0.15) is 0 Å². The first kappa shape index (κ1) is 16.4. The number of aliphatic hydroxyl groups is 1. The lowest BCUT2D eigenvalue weighted by atomic mass is 9.87. The Morgan fingerprint density at radius 2 is 2.00 bits per heavy atom. The third-order valence-electron chi connectivity index (χ3n) is 2.44. The quantitative estimate of drug-likeness (QED) is 0.593. The Morgan fingerprint density at radius 1 is 1.41 bits per heavy atom. The zero-order valence-electron chi connectivity index (χ0n) is 11.6. The predicted octanol–water partition coefficient (Wildman–Crippen LogP) is 1.42. The van der Waals surface area contributed by atoms with Crippen molar-refractivity contribution in [1.82, 2.24) is 5.32 Å². The van der Waals surface area contributed by atoms with E-state index in [1.54, 1.807) is 6.92 Å². The largest absolute Gasteiger partial charge is 0.393 e. The number of rotatable bonds is 7. The van der Waals surface area contributed by atoms with Gasteiger partial charge in [0.15, 0.2) is 0 Å². The molecule has 0 spiro atoms. The molecule has 102 valence electrons. The van der Waals surface area contributed by atoms with Crippen LogP contribution in [0.5, 0.6) is 0 Å². The summed E-state index contributed by atoms with van der Waals surface area (Å²) in [5.41, 5.74) is 6.07. The van der Waals surface area contributed by atoms with Crippen LogP contribution in [0.15, 0.2) is 0 Å². The van der Waals surface area contributed by atoms with E-state index in [1.807, 2.05) is 0 Å². The number of amides is 1. The summed E-state index contributed by atoms with van der Waals surface area (Å²) >= 11 is 0. The van der Waals surface area contributed by atoms with E-state index in [2.05, 4.69) is 26.1 Å². The van der Waals surface area contributed by atoms with Crippen molar-refractivity contribution in [2.45, 2.75) is 65.5 Å². The molecule has 0 aliphatic carbocycles. The van der Waals surface area contributed by atoms with Gasteiger partial charge in [-0.15, -0.1) is 0 Å². The van der Waals surface area contributed by atoms with Gasteiger partial charge in [0.05, 0.1) is 6.10 Å². The molecule has 0 radical (unpaired) electrons. The van der Waals surface area contributed by atoms with Gasteiger partial charge in [0, 0.05) is 19.0 Å². The minimum absolute atomic E-state index is 0.00680. The van der Waals surface area contributed by atoms with Gasteiger partial charge in [0.2, 0.25) is 5.91 Å². The molecule has 0 heterocycles. The minimum atomic E-state index is -0.296. The maximum Gasteiger partial charge on any atom is 0.221 e. The molecule has 0 fully saturated rings. The van der Waals surface area contributed by atoms with Crippen molar-refractivity contribution in [1.29, 1.82) is 0 Å². The summed E-state index contributed by atoms with van der Waals surface area (Å²) in [6.45, 7) is 8.72. The van der Waals surface area contributed by atoms with Crippen molar-refractivity contribution < 1.29 is 9.90 Å². The molecule has 4 heteroatoms. The summed E-state index contributed by atoms with van der Waals surface area (Å²) in [5.74, 6) is 0.00680. The molecule has 4 nitrogen and oxygen atoms in total. The number of nitrogens with one attached hydrogen (secondary N) is 1. The van der Waals surface area contributed by atoms with E-state index < -0.39 is 0 Å². The Hall–Kier alpha value is -0.610. The monoisotopic (exact) mass is 244 g/mol. The highest BCUT2D eigenvalue weighted by atomic mass is 16.3. The third-order valence-corrected chi connectivity index (χ3v) is 2.44. The van der Waals surface area contributed by atoms with Gasteiger partial charge >= 0.3 is 0 Å². The van der Waals surface area contributed by atoms with Gasteiger partial charge in [-0.3, -0.25) is 4.79 Å². The normalized spacial score (nSPS) is 15.4. The van der Waals surface area contributed by atoms with Gasteiger partial charge in [-0.25, -0.2) is 0 Å². The first-order valence-electron chi connectivity index (χ1n) is 6.41. The number of aliphatic hydroxyl groups excluding tert-OH is 1. The molecule has 0 aliphatic heterocycles. The first-order valence-corrected chi connectivity index (χ1v) is 6.41. The van der Waals surface area contributed by atoms with Crippen LogP contribution in [0.4, 0.5) is 0 Å². The van der Waals surface area contributed by atoms with E-state index in [-0.39, 0.29) is 23.5 Å². The Balaban J connectivity index is 3.65. The molecule has 0 saturated heterocycles. The molecule has 0 aromatic heterocycles. The van der Waals surface area contributed by atoms with Gasteiger partial charge in [-0.05, 0) is 31.6 Å². The number of carbonyl (C=O) groups is 1. The van der Waals surface area contributed by atoms with Crippen LogP contribution < -0.4 is 11.1 Å². The van der Waals surface area contributed by atoms with Gasteiger partial charge in [-0.1, -0.05) is 20.8 Å². The summed E-state index contributed by atoms with van der Waals surface area (Å²) < 4.78 is 0. The van der Waals surface area contributed by atoms with Crippen LogP contribution in [0.25, 0.3) is 0 Å². The SMILES string of the molecule is CC(O)CCCNC(=O)CC(N)CC(C)(C)C. The van der Waals surface area contributed by atoms with Crippen LogP contribution in [0, 0.1) is 5.41 Å². The van der Waals surface area contributed by atoms with E-state index in [0.717, 1.165) is 12.8 Å². The second-order valence-electron chi connectivity index (χ2n) is 6.07. The fraction of sp³-hybridized carbons (Fsp3) is 0.923. The van der Waals surface area contributed by atoms with Crippen molar-refractivity contribution in [2.24, 2.45) is 11.1 Å². The lowest BCUT2D eigenvalue weighted by Crippen LogP contribution is -2.34. The molecule has 0 aliphatic rings. The Kier molecular flexibility index (Phi) is 7.39. The second-order valence-corrected chi connectivity index (χ2v) is 6.07. The Bertz CT molecular complexity index is 222. The van der Waals surface area contributed by atoms with Crippen molar-refractivity contribution >= 4 is 5.91 Å². The minimum Gasteiger partial charge on any atom is -0.393 e. The van der Waals surface area contributed by atoms with Crippen molar-refractivity contribution in [2.75, 3.05) is 6.54 Å². The van der Waals surface area contributed by atoms with E-state index in [1.165, 1.54) is 0 Å². The number of nitrogens with two attached hydrogens (primary N) is 1. The van der Waals surface area contributed by atoms with E-state index in [0.29, 0.717) is 19.4 Å².